The van der Waals surface area contributed by atoms with Gasteiger partial charge in [-0.25, -0.2) is 4.79 Å². The van der Waals surface area contributed by atoms with Crippen LogP contribution in [0.1, 0.15) is 78.5 Å². The van der Waals surface area contributed by atoms with Gasteiger partial charge in [0.1, 0.15) is 29.2 Å². The van der Waals surface area contributed by atoms with E-state index in [0.717, 1.165) is 0 Å². The van der Waals surface area contributed by atoms with Gasteiger partial charge in [-0.15, -0.1) is 0 Å². The molecule has 4 N–H and O–H groups in total. The first-order valence-electron chi connectivity index (χ1n) is 14.4. The Morgan fingerprint density at radius 3 is 1.95 bits per heavy atom. The van der Waals surface area contributed by atoms with E-state index in [1.54, 1.807) is 52.0 Å². The van der Waals surface area contributed by atoms with Gasteiger partial charge in [0.25, 0.3) is 0 Å². The Kier molecular flexibility index (Phi) is 12.4. The van der Waals surface area contributed by atoms with Crippen molar-refractivity contribution in [3.63, 3.8) is 0 Å². The molecule has 0 radical (unpaired) electrons. The maximum Gasteiger partial charge on any atom is 0.408 e. The molecule has 43 heavy (non-hydrogen) atoms. The van der Waals surface area contributed by atoms with Gasteiger partial charge >= 0.3 is 12.1 Å². The molecule has 2 unspecified atom stereocenters. The van der Waals surface area contributed by atoms with Crippen molar-refractivity contribution < 1.29 is 38.9 Å². The molecule has 0 aliphatic heterocycles. The monoisotopic (exact) mass is 599 g/mol. The summed E-state index contributed by atoms with van der Waals surface area (Å²) in [5, 5.41) is 25.1. The van der Waals surface area contributed by atoms with Crippen LogP contribution in [0.4, 0.5) is 4.79 Å². The minimum atomic E-state index is -1.19. The molecule has 0 spiro atoms. The fraction of sp³-hybridized carbons (Fsp3) is 0.500. The van der Waals surface area contributed by atoms with Crippen molar-refractivity contribution in [2.75, 3.05) is 13.2 Å². The van der Waals surface area contributed by atoms with E-state index in [0.29, 0.717) is 17.5 Å². The summed E-state index contributed by atoms with van der Waals surface area (Å²) >= 11 is 0. The largest absolute Gasteiger partial charge is 0.508 e. The predicted molar refractivity (Wildman–Crippen MR) is 161 cm³/mol. The number of nitrogens with one attached hydrogen (secondary N) is 2. The quantitative estimate of drug-likeness (QED) is 0.248. The second-order valence-electron chi connectivity index (χ2n) is 11.8. The van der Waals surface area contributed by atoms with E-state index < -0.39 is 47.1 Å². The van der Waals surface area contributed by atoms with Crippen molar-refractivity contribution in [2.45, 2.75) is 91.0 Å². The maximum atomic E-state index is 14.6. The molecular weight excluding hydrogens is 554 g/mol. The van der Waals surface area contributed by atoms with E-state index in [9.17, 15) is 29.4 Å². The van der Waals surface area contributed by atoms with Crippen LogP contribution >= 0.6 is 0 Å². The number of phenols is 2. The number of hydrogen-bond donors (Lipinski definition) is 4. The van der Waals surface area contributed by atoms with Crippen LogP contribution in [0.15, 0.2) is 48.5 Å². The molecule has 0 saturated heterocycles. The van der Waals surface area contributed by atoms with Gasteiger partial charge in [0.2, 0.25) is 11.8 Å². The molecule has 2 aromatic rings. The van der Waals surface area contributed by atoms with Gasteiger partial charge in [-0.2, -0.15) is 0 Å². The molecule has 2 rings (SSSR count). The molecule has 0 aliphatic carbocycles. The molecule has 11 nitrogen and oxygen atoms in total. The first-order valence-corrected chi connectivity index (χ1v) is 14.4. The van der Waals surface area contributed by atoms with Crippen LogP contribution < -0.4 is 10.6 Å². The lowest BCUT2D eigenvalue weighted by molar-refractivity contribution is -0.149. The van der Waals surface area contributed by atoms with Crippen LogP contribution in [-0.4, -0.2) is 69.3 Å². The fourth-order valence-corrected chi connectivity index (χ4v) is 4.32. The van der Waals surface area contributed by atoms with Crippen LogP contribution in [0.2, 0.25) is 0 Å². The normalized spacial score (nSPS) is 12.9. The molecule has 2 aromatic carbocycles. The lowest BCUT2D eigenvalue weighted by Gasteiger charge is -2.44. The molecular formula is C32H45N3O8. The minimum Gasteiger partial charge on any atom is -0.508 e. The highest BCUT2D eigenvalue weighted by Gasteiger charge is 2.43. The van der Waals surface area contributed by atoms with E-state index in [1.807, 2.05) is 20.8 Å². The second kappa shape index (κ2) is 15.3. The summed E-state index contributed by atoms with van der Waals surface area (Å²) in [5.41, 5.74) is -0.657. The van der Waals surface area contributed by atoms with Gasteiger partial charge in [0, 0.05) is 18.5 Å². The Labute approximate surface area is 253 Å². The number of alkyl carbamates (subject to hydrolysis) is 1. The van der Waals surface area contributed by atoms with Crippen molar-refractivity contribution in [2.24, 2.45) is 0 Å². The summed E-state index contributed by atoms with van der Waals surface area (Å²) in [6, 6.07) is 9.84. The number of ether oxygens (including phenoxy) is 2. The van der Waals surface area contributed by atoms with Crippen LogP contribution in [0.5, 0.6) is 11.5 Å². The molecule has 0 fully saturated rings. The van der Waals surface area contributed by atoms with Gasteiger partial charge in [0.05, 0.1) is 13.0 Å². The number of phenolic OH excluding ortho intramolecular Hbond substituents is 2. The number of nitrogens with zero attached hydrogens (tertiary/aromatic N) is 1. The lowest BCUT2D eigenvalue weighted by Crippen LogP contribution is -2.60. The second-order valence-corrected chi connectivity index (χ2v) is 11.8. The standard InChI is InChI=1S/C32H45N3O8/c1-8-32(6,7)35(27(22-12-16-24(37)17-13-22)28(39)33-19-18-26(38)42-9-2)29(40)25(34-30(41)43-31(3,4)5)20-21-10-14-23(36)15-11-21/h10-17,25,27,36-37H,8-9,18-20H2,1-7H3,(H,33,39)(H,34,41). The minimum absolute atomic E-state index is 0.0188. The van der Waals surface area contributed by atoms with Crippen LogP contribution in [0, 0.1) is 0 Å². The smallest absolute Gasteiger partial charge is 0.408 e. The Hall–Kier alpha value is -4.28. The highest BCUT2D eigenvalue weighted by atomic mass is 16.6. The Bertz CT molecular complexity index is 1240. The summed E-state index contributed by atoms with van der Waals surface area (Å²) in [7, 11) is 0. The zero-order valence-corrected chi connectivity index (χ0v) is 26.1. The Balaban J connectivity index is 2.59. The van der Waals surface area contributed by atoms with Gasteiger partial charge in [-0.05, 0) is 83.4 Å². The van der Waals surface area contributed by atoms with Gasteiger partial charge in [-0.1, -0.05) is 31.2 Å². The third-order valence-electron chi connectivity index (χ3n) is 6.77. The number of aromatic hydroxyl groups is 2. The summed E-state index contributed by atoms with van der Waals surface area (Å²) in [5.74, 6) is -1.54. The average Bonchev–Trinajstić information content (AvgIpc) is 2.91. The predicted octanol–water partition coefficient (Wildman–Crippen LogP) is 4.36. The van der Waals surface area contributed by atoms with E-state index in [1.165, 1.54) is 29.2 Å². The topological polar surface area (TPSA) is 154 Å². The number of carbonyl (C=O) groups excluding carboxylic acids is 4. The molecule has 0 aromatic heterocycles. The van der Waals surface area contributed by atoms with Crippen molar-refractivity contribution in [1.29, 1.82) is 0 Å². The zero-order valence-electron chi connectivity index (χ0n) is 26.1. The first kappa shape index (κ1) is 34.9. The number of rotatable bonds is 13. The van der Waals surface area contributed by atoms with Crippen molar-refractivity contribution in [3.05, 3.63) is 59.7 Å². The number of benzene rings is 2. The Morgan fingerprint density at radius 2 is 1.44 bits per heavy atom. The molecule has 11 heteroatoms. The van der Waals surface area contributed by atoms with E-state index in [2.05, 4.69) is 10.6 Å². The maximum absolute atomic E-state index is 14.6. The highest BCUT2D eigenvalue weighted by molar-refractivity contribution is 5.93. The number of carbonyl (C=O) groups is 4. The van der Waals surface area contributed by atoms with E-state index in [4.69, 9.17) is 9.47 Å². The first-order chi connectivity index (χ1) is 20.1. The van der Waals surface area contributed by atoms with E-state index >= 15 is 0 Å². The third-order valence-corrected chi connectivity index (χ3v) is 6.77. The molecule has 0 heterocycles. The number of amides is 3. The van der Waals surface area contributed by atoms with Crippen molar-refractivity contribution >= 4 is 23.9 Å². The molecule has 0 saturated carbocycles. The van der Waals surface area contributed by atoms with E-state index in [-0.39, 0.29) is 37.5 Å². The van der Waals surface area contributed by atoms with Crippen LogP contribution in [0.3, 0.4) is 0 Å². The summed E-state index contributed by atoms with van der Waals surface area (Å²) in [6.45, 7) is 12.5. The average molecular weight is 600 g/mol. The molecule has 0 aliphatic rings. The Morgan fingerprint density at radius 1 is 0.884 bits per heavy atom. The van der Waals surface area contributed by atoms with Crippen LogP contribution in [0.25, 0.3) is 0 Å². The summed E-state index contributed by atoms with van der Waals surface area (Å²) in [6.07, 6.45) is -0.376. The third kappa shape index (κ3) is 10.8. The number of esters is 1. The van der Waals surface area contributed by atoms with Crippen LogP contribution in [-0.2, 0) is 30.3 Å². The number of hydrogen-bond acceptors (Lipinski definition) is 8. The lowest BCUT2D eigenvalue weighted by atomic mass is 9.91. The summed E-state index contributed by atoms with van der Waals surface area (Å²) in [4.78, 5) is 54.7. The van der Waals surface area contributed by atoms with Crippen molar-refractivity contribution in [1.82, 2.24) is 15.5 Å². The molecule has 0 bridgehead atoms. The fourth-order valence-electron chi connectivity index (χ4n) is 4.32. The molecule has 3 amide bonds. The highest BCUT2D eigenvalue weighted by Crippen LogP contribution is 2.33. The zero-order chi connectivity index (χ0) is 32.4. The summed E-state index contributed by atoms with van der Waals surface area (Å²) < 4.78 is 10.4. The van der Waals surface area contributed by atoms with Crippen molar-refractivity contribution in [3.8, 4) is 11.5 Å². The van der Waals surface area contributed by atoms with Gasteiger partial charge in [0.15, 0.2) is 0 Å². The van der Waals surface area contributed by atoms with Gasteiger partial charge in [-0.3, -0.25) is 14.4 Å². The van der Waals surface area contributed by atoms with Gasteiger partial charge < -0.3 is 35.2 Å². The SMILES string of the molecule is CCOC(=O)CCNC(=O)C(c1ccc(O)cc1)N(C(=O)C(Cc1ccc(O)cc1)NC(=O)OC(C)(C)C)C(C)(C)CC. The molecule has 236 valence electrons. The molecule has 2 atom stereocenters.